The molecule has 0 spiro atoms. The second kappa shape index (κ2) is 8.32. The van der Waals surface area contributed by atoms with Crippen LogP contribution in [0.4, 0.5) is 0 Å². The number of nitrogens with zero attached hydrogens (tertiary/aromatic N) is 1. The molecule has 2 atom stereocenters. The van der Waals surface area contributed by atoms with Crippen LogP contribution in [-0.2, 0) is 11.3 Å². The number of ether oxygens (including phenoxy) is 1. The van der Waals surface area contributed by atoms with E-state index in [2.05, 4.69) is 32.7 Å². The molecule has 2 unspecified atom stereocenters. The minimum atomic E-state index is -0.397. The van der Waals surface area contributed by atoms with E-state index in [1.54, 1.807) is 13.0 Å². The van der Waals surface area contributed by atoms with Gasteiger partial charge in [-0.2, -0.15) is 0 Å². The summed E-state index contributed by atoms with van der Waals surface area (Å²) in [6.07, 6.45) is 4.87. The molecular weight excluding hydrogens is 340 g/mol. The Morgan fingerprint density at radius 1 is 1.33 bits per heavy atom. The first kappa shape index (κ1) is 21.3. The molecule has 150 valence electrons. The molecule has 2 rings (SSSR count). The summed E-state index contributed by atoms with van der Waals surface area (Å²) in [5, 5.41) is 3.23. The number of carbonyl (C=O) groups excluding carboxylic acids is 2. The summed E-state index contributed by atoms with van der Waals surface area (Å²) < 4.78 is 7.03. The number of allylic oxidation sites excluding steroid dienone is 1. The number of carbonyl (C=O) groups is 2. The number of aromatic nitrogens is 1. The molecule has 0 radical (unpaired) electrons. The zero-order valence-electron chi connectivity index (χ0n) is 17.6. The maximum Gasteiger partial charge on any atom is 0.355 e. The van der Waals surface area contributed by atoms with Gasteiger partial charge in [-0.05, 0) is 56.9 Å². The van der Waals surface area contributed by atoms with Crippen molar-refractivity contribution in [2.24, 2.45) is 11.3 Å². The lowest BCUT2D eigenvalue weighted by Crippen LogP contribution is -2.43. The molecule has 0 saturated heterocycles. The summed E-state index contributed by atoms with van der Waals surface area (Å²) in [4.78, 5) is 25.6. The minimum Gasteiger partial charge on any atom is -0.461 e. The SMILES string of the molecule is C=CCn1c(C)c(C(=O)NC2CC(C)CC(C)(C)C2)c(C)c1C(=O)OCC. The predicted molar refractivity (Wildman–Crippen MR) is 108 cm³/mol. The van der Waals surface area contributed by atoms with Crippen LogP contribution < -0.4 is 5.32 Å². The highest BCUT2D eigenvalue weighted by Gasteiger charge is 2.34. The van der Waals surface area contributed by atoms with Crippen LogP contribution in [0, 0.1) is 25.2 Å². The van der Waals surface area contributed by atoms with Crippen molar-refractivity contribution in [2.45, 2.75) is 73.4 Å². The van der Waals surface area contributed by atoms with Gasteiger partial charge >= 0.3 is 5.97 Å². The van der Waals surface area contributed by atoms with Gasteiger partial charge in [-0.25, -0.2) is 4.79 Å². The van der Waals surface area contributed by atoms with Crippen LogP contribution in [0.2, 0.25) is 0 Å². The Hall–Kier alpha value is -2.04. The third kappa shape index (κ3) is 4.63. The number of amides is 1. The lowest BCUT2D eigenvalue weighted by molar-refractivity contribution is 0.0513. The summed E-state index contributed by atoms with van der Waals surface area (Å²) in [6.45, 7) is 16.8. The normalized spacial score (nSPS) is 21.6. The van der Waals surface area contributed by atoms with Gasteiger partial charge in [-0.15, -0.1) is 6.58 Å². The van der Waals surface area contributed by atoms with Gasteiger partial charge in [0.1, 0.15) is 5.69 Å². The van der Waals surface area contributed by atoms with Crippen molar-refractivity contribution in [3.63, 3.8) is 0 Å². The molecule has 1 aliphatic rings. The predicted octanol–water partition coefficient (Wildman–Crippen LogP) is 4.41. The van der Waals surface area contributed by atoms with Crippen LogP contribution >= 0.6 is 0 Å². The van der Waals surface area contributed by atoms with Gasteiger partial charge in [-0.1, -0.05) is 26.8 Å². The molecule has 1 fully saturated rings. The first-order valence-electron chi connectivity index (χ1n) is 9.89. The van der Waals surface area contributed by atoms with Gasteiger partial charge < -0.3 is 14.6 Å². The highest BCUT2D eigenvalue weighted by atomic mass is 16.5. The molecule has 1 aromatic heterocycles. The molecule has 0 aromatic carbocycles. The largest absolute Gasteiger partial charge is 0.461 e. The maximum absolute atomic E-state index is 13.1. The highest BCUT2D eigenvalue weighted by molar-refractivity contribution is 6.01. The van der Waals surface area contributed by atoms with Crippen LogP contribution in [0.15, 0.2) is 12.7 Å². The molecule has 0 bridgehead atoms. The average Bonchev–Trinajstić information content (AvgIpc) is 2.76. The summed E-state index contributed by atoms with van der Waals surface area (Å²) in [7, 11) is 0. The van der Waals surface area contributed by atoms with Crippen LogP contribution in [-0.4, -0.2) is 29.1 Å². The maximum atomic E-state index is 13.1. The van der Waals surface area contributed by atoms with Gasteiger partial charge in [-0.3, -0.25) is 4.79 Å². The lowest BCUT2D eigenvalue weighted by Gasteiger charge is -2.39. The molecule has 1 aliphatic carbocycles. The summed E-state index contributed by atoms with van der Waals surface area (Å²) >= 11 is 0. The van der Waals surface area contributed by atoms with E-state index in [1.165, 1.54) is 6.42 Å². The molecular formula is C22H34N2O3. The first-order chi connectivity index (χ1) is 12.6. The quantitative estimate of drug-likeness (QED) is 0.592. The van der Waals surface area contributed by atoms with Gasteiger partial charge in [0.2, 0.25) is 0 Å². The third-order valence-corrected chi connectivity index (χ3v) is 5.50. The van der Waals surface area contributed by atoms with Crippen molar-refractivity contribution in [3.05, 3.63) is 35.2 Å². The lowest BCUT2D eigenvalue weighted by atomic mass is 9.70. The summed E-state index contributed by atoms with van der Waals surface area (Å²) in [5.74, 6) is 0.0846. The molecule has 5 heteroatoms. The fraction of sp³-hybridized carbons (Fsp3) is 0.636. The van der Waals surface area contributed by atoms with Crippen LogP contribution in [0.1, 0.15) is 79.1 Å². The van der Waals surface area contributed by atoms with Gasteiger partial charge in [0.25, 0.3) is 5.91 Å². The van der Waals surface area contributed by atoms with Crippen LogP contribution in [0.25, 0.3) is 0 Å². The molecule has 1 heterocycles. The minimum absolute atomic E-state index is 0.103. The van der Waals surface area contributed by atoms with Crippen molar-refractivity contribution < 1.29 is 14.3 Å². The fourth-order valence-corrected chi connectivity index (χ4v) is 4.76. The monoisotopic (exact) mass is 374 g/mol. The topological polar surface area (TPSA) is 60.3 Å². The number of hydrogen-bond donors (Lipinski definition) is 1. The number of rotatable bonds is 6. The number of esters is 1. The van der Waals surface area contributed by atoms with Crippen molar-refractivity contribution in [3.8, 4) is 0 Å². The van der Waals surface area contributed by atoms with Crippen molar-refractivity contribution in [1.82, 2.24) is 9.88 Å². The second-order valence-corrected chi connectivity index (χ2v) is 8.64. The molecule has 5 nitrogen and oxygen atoms in total. The summed E-state index contributed by atoms with van der Waals surface area (Å²) in [6, 6.07) is 0.156. The molecule has 1 aromatic rings. The van der Waals surface area contributed by atoms with Crippen LogP contribution in [0.3, 0.4) is 0 Å². The van der Waals surface area contributed by atoms with E-state index < -0.39 is 5.97 Å². The smallest absolute Gasteiger partial charge is 0.355 e. The molecule has 27 heavy (non-hydrogen) atoms. The summed E-state index contributed by atoms with van der Waals surface area (Å²) in [5.41, 5.74) is 2.70. The van der Waals surface area contributed by atoms with E-state index in [9.17, 15) is 9.59 Å². The highest BCUT2D eigenvalue weighted by Crippen LogP contribution is 2.38. The van der Waals surface area contributed by atoms with E-state index in [0.29, 0.717) is 35.9 Å². The Kier molecular flexibility index (Phi) is 6.55. The fourth-order valence-electron chi connectivity index (χ4n) is 4.76. The van der Waals surface area contributed by atoms with E-state index in [1.807, 2.05) is 18.4 Å². The van der Waals surface area contributed by atoms with E-state index >= 15 is 0 Å². The van der Waals surface area contributed by atoms with Gasteiger partial charge in [0.15, 0.2) is 0 Å². The Labute approximate surface area is 163 Å². The van der Waals surface area contributed by atoms with Crippen molar-refractivity contribution in [1.29, 1.82) is 0 Å². The second-order valence-electron chi connectivity index (χ2n) is 8.64. The zero-order chi connectivity index (χ0) is 20.4. The zero-order valence-corrected chi connectivity index (χ0v) is 17.6. The van der Waals surface area contributed by atoms with Crippen molar-refractivity contribution in [2.75, 3.05) is 6.61 Å². The molecule has 1 saturated carbocycles. The van der Waals surface area contributed by atoms with Crippen LogP contribution in [0.5, 0.6) is 0 Å². The van der Waals surface area contributed by atoms with Gasteiger partial charge in [0.05, 0.1) is 12.2 Å². The van der Waals surface area contributed by atoms with Gasteiger partial charge in [0, 0.05) is 18.3 Å². The van der Waals surface area contributed by atoms with E-state index in [-0.39, 0.29) is 17.4 Å². The van der Waals surface area contributed by atoms with E-state index in [0.717, 1.165) is 18.5 Å². The Morgan fingerprint density at radius 3 is 2.56 bits per heavy atom. The van der Waals surface area contributed by atoms with Crippen molar-refractivity contribution >= 4 is 11.9 Å². The Morgan fingerprint density at radius 2 is 2.00 bits per heavy atom. The Bertz CT molecular complexity index is 730. The van der Waals surface area contributed by atoms with E-state index in [4.69, 9.17) is 4.74 Å². The first-order valence-corrected chi connectivity index (χ1v) is 9.89. The third-order valence-electron chi connectivity index (χ3n) is 5.50. The molecule has 1 amide bonds. The standard InChI is InChI=1S/C22H34N2O3/c1-8-10-24-16(5)18(15(4)19(24)21(26)27-9-2)20(25)23-17-11-14(3)12-22(6,7)13-17/h8,14,17H,1,9-13H2,2-7H3,(H,23,25). The molecule has 1 N–H and O–H groups in total. The molecule has 0 aliphatic heterocycles. The number of nitrogens with one attached hydrogen (secondary N) is 1. The number of hydrogen-bond acceptors (Lipinski definition) is 3. The Balaban J connectivity index is 2.34. The average molecular weight is 375 g/mol.